The average molecular weight is 308 g/mol. The summed E-state index contributed by atoms with van der Waals surface area (Å²) < 4.78 is 7.41. The molecular weight excluding hydrogens is 292 g/mol. The van der Waals surface area contributed by atoms with Crippen molar-refractivity contribution in [2.45, 2.75) is 25.9 Å². The Kier molecular flexibility index (Phi) is 3.27. The molecule has 0 radical (unpaired) electrons. The molecule has 0 saturated heterocycles. The molecule has 0 atom stereocenters. The van der Waals surface area contributed by atoms with Crippen LogP contribution in [0.4, 0.5) is 0 Å². The molecule has 116 valence electrons. The van der Waals surface area contributed by atoms with Crippen LogP contribution >= 0.6 is 0 Å². The molecule has 0 N–H and O–H groups in total. The second kappa shape index (κ2) is 5.43. The first kappa shape index (κ1) is 13.8. The minimum atomic E-state index is 0.0179. The smallest absolute Gasteiger partial charge is 0.254 e. The summed E-state index contributed by atoms with van der Waals surface area (Å²) in [5.74, 6) is 0.910. The van der Waals surface area contributed by atoms with Crippen molar-refractivity contribution in [2.75, 3.05) is 13.2 Å². The van der Waals surface area contributed by atoms with Gasteiger partial charge in [-0.3, -0.25) is 9.48 Å². The van der Waals surface area contributed by atoms with E-state index in [0.29, 0.717) is 30.9 Å². The van der Waals surface area contributed by atoms with Crippen molar-refractivity contribution in [2.24, 2.45) is 0 Å². The summed E-state index contributed by atoms with van der Waals surface area (Å²) in [6, 6.07) is 9.47. The second-order valence-electron chi connectivity index (χ2n) is 5.86. The van der Waals surface area contributed by atoms with Gasteiger partial charge in [-0.1, -0.05) is 0 Å². The highest BCUT2D eigenvalue weighted by Crippen LogP contribution is 2.26. The molecule has 2 aliphatic rings. The second-order valence-corrected chi connectivity index (χ2v) is 5.86. The molecular formula is C17H16N4O2. The van der Waals surface area contributed by atoms with Crippen molar-refractivity contribution in [1.29, 1.82) is 5.26 Å². The molecule has 0 spiro atoms. The standard InChI is InChI=1S/C17H16N4O2/c18-10-14-9-15-11-20(5-6-21(15)19-14)17(22)13-3-4-16-12(8-13)2-1-7-23-16/h3-4,8-9H,1-2,5-7,11H2. The first-order valence-corrected chi connectivity index (χ1v) is 7.76. The van der Waals surface area contributed by atoms with E-state index in [2.05, 4.69) is 5.10 Å². The zero-order chi connectivity index (χ0) is 15.8. The maximum atomic E-state index is 12.8. The van der Waals surface area contributed by atoms with Crippen molar-refractivity contribution in [3.05, 3.63) is 46.8 Å². The molecule has 2 aromatic rings. The molecule has 0 unspecified atom stereocenters. The average Bonchev–Trinajstić information content (AvgIpc) is 3.03. The normalized spacial score (nSPS) is 16.0. The number of rotatable bonds is 1. The van der Waals surface area contributed by atoms with E-state index in [-0.39, 0.29) is 5.91 Å². The molecule has 1 amide bonds. The van der Waals surface area contributed by atoms with E-state index < -0.39 is 0 Å². The van der Waals surface area contributed by atoms with Crippen molar-refractivity contribution in [1.82, 2.24) is 14.7 Å². The summed E-state index contributed by atoms with van der Waals surface area (Å²) in [6.45, 7) is 2.46. The molecule has 1 aromatic carbocycles. The lowest BCUT2D eigenvalue weighted by atomic mass is 10.0. The van der Waals surface area contributed by atoms with E-state index in [0.717, 1.165) is 36.5 Å². The number of carbonyl (C=O) groups excluding carboxylic acids is 1. The molecule has 1 aromatic heterocycles. The van der Waals surface area contributed by atoms with Crippen LogP contribution in [0.2, 0.25) is 0 Å². The molecule has 2 aliphatic heterocycles. The third-order valence-corrected chi connectivity index (χ3v) is 4.36. The molecule has 23 heavy (non-hydrogen) atoms. The fraction of sp³-hybridized carbons (Fsp3) is 0.353. The highest BCUT2D eigenvalue weighted by atomic mass is 16.5. The number of amides is 1. The first-order valence-electron chi connectivity index (χ1n) is 7.76. The Bertz CT molecular complexity index is 818. The minimum Gasteiger partial charge on any atom is -0.493 e. The minimum absolute atomic E-state index is 0.0179. The number of carbonyl (C=O) groups is 1. The van der Waals surface area contributed by atoms with E-state index in [1.165, 1.54) is 0 Å². The third-order valence-electron chi connectivity index (χ3n) is 4.36. The molecule has 0 aliphatic carbocycles. The van der Waals surface area contributed by atoms with Crippen LogP contribution in [0.3, 0.4) is 0 Å². The maximum absolute atomic E-state index is 12.8. The number of hydrogen-bond donors (Lipinski definition) is 0. The van der Waals surface area contributed by atoms with Crippen LogP contribution in [0.1, 0.15) is 33.7 Å². The van der Waals surface area contributed by atoms with Gasteiger partial charge >= 0.3 is 0 Å². The fourth-order valence-corrected chi connectivity index (χ4v) is 3.17. The van der Waals surface area contributed by atoms with E-state index in [1.807, 2.05) is 33.9 Å². The van der Waals surface area contributed by atoms with E-state index >= 15 is 0 Å². The number of nitrogens with zero attached hydrogens (tertiary/aromatic N) is 4. The van der Waals surface area contributed by atoms with Gasteiger partial charge in [0.1, 0.15) is 11.8 Å². The van der Waals surface area contributed by atoms with Gasteiger partial charge in [-0.2, -0.15) is 10.4 Å². The number of nitriles is 1. The molecule has 6 nitrogen and oxygen atoms in total. The number of aromatic nitrogens is 2. The van der Waals surface area contributed by atoms with Crippen LogP contribution in [0.25, 0.3) is 0 Å². The Morgan fingerprint density at radius 2 is 2.22 bits per heavy atom. The Morgan fingerprint density at radius 1 is 1.30 bits per heavy atom. The van der Waals surface area contributed by atoms with E-state index in [1.54, 1.807) is 6.07 Å². The lowest BCUT2D eigenvalue weighted by Gasteiger charge is -2.28. The predicted molar refractivity (Wildman–Crippen MR) is 81.9 cm³/mol. The molecule has 3 heterocycles. The number of aryl methyl sites for hydroxylation is 1. The van der Waals surface area contributed by atoms with E-state index in [9.17, 15) is 4.79 Å². The quantitative estimate of drug-likeness (QED) is 0.804. The summed E-state index contributed by atoms with van der Waals surface area (Å²) in [5.41, 5.74) is 3.11. The summed E-state index contributed by atoms with van der Waals surface area (Å²) in [4.78, 5) is 14.6. The highest BCUT2D eigenvalue weighted by molar-refractivity contribution is 5.94. The highest BCUT2D eigenvalue weighted by Gasteiger charge is 2.24. The zero-order valence-electron chi connectivity index (χ0n) is 12.7. The fourth-order valence-electron chi connectivity index (χ4n) is 3.17. The summed E-state index contributed by atoms with van der Waals surface area (Å²) >= 11 is 0. The SMILES string of the molecule is N#Cc1cc2n(n1)CCN(C(=O)c1ccc3c(c1)CCCO3)C2. The lowest BCUT2D eigenvalue weighted by molar-refractivity contribution is 0.0706. The number of hydrogen-bond acceptors (Lipinski definition) is 4. The van der Waals surface area contributed by atoms with Gasteiger partial charge in [0.2, 0.25) is 0 Å². The molecule has 4 rings (SSSR count). The van der Waals surface area contributed by atoms with Gasteiger partial charge in [0.15, 0.2) is 5.69 Å². The lowest BCUT2D eigenvalue weighted by Crippen LogP contribution is -2.38. The number of ether oxygens (including phenoxy) is 1. The number of fused-ring (bicyclic) bond motifs is 2. The largest absolute Gasteiger partial charge is 0.493 e. The Morgan fingerprint density at radius 3 is 3.09 bits per heavy atom. The predicted octanol–water partition coefficient (Wildman–Crippen LogP) is 1.74. The van der Waals surface area contributed by atoms with Crippen LogP contribution < -0.4 is 4.74 Å². The topological polar surface area (TPSA) is 71.2 Å². The monoisotopic (exact) mass is 308 g/mol. The summed E-state index contributed by atoms with van der Waals surface area (Å²) in [5, 5.41) is 13.1. The van der Waals surface area contributed by atoms with Gasteiger partial charge < -0.3 is 9.64 Å². The Hall–Kier alpha value is -2.81. The van der Waals surface area contributed by atoms with Crippen molar-refractivity contribution in [3.63, 3.8) is 0 Å². The summed E-state index contributed by atoms with van der Waals surface area (Å²) in [7, 11) is 0. The van der Waals surface area contributed by atoms with Gasteiger partial charge in [-0.15, -0.1) is 0 Å². The van der Waals surface area contributed by atoms with Gasteiger partial charge in [-0.05, 0) is 42.7 Å². The van der Waals surface area contributed by atoms with Crippen molar-refractivity contribution in [3.8, 4) is 11.8 Å². The van der Waals surface area contributed by atoms with Gasteiger partial charge in [0.25, 0.3) is 5.91 Å². The van der Waals surface area contributed by atoms with Crippen LogP contribution in [0, 0.1) is 11.3 Å². The molecule has 0 saturated carbocycles. The maximum Gasteiger partial charge on any atom is 0.254 e. The molecule has 0 bridgehead atoms. The molecule has 6 heteroatoms. The van der Waals surface area contributed by atoms with Crippen LogP contribution in [0.15, 0.2) is 24.3 Å². The van der Waals surface area contributed by atoms with Gasteiger partial charge in [0.05, 0.1) is 25.4 Å². The van der Waals surface area contributed by atoms with Crippen molar-refractivity contribution >= 4 is 5.91 Å². The van der Waals surface area contributed by atoms with Crippen LogP contribution in [-0.4, -0.2) is 33.7 Å². The molecule has 0 fully saturated rings. The Labute approximate surface area is 133 Å². The van der Waals surface area contributed by atoms with Gasteiger partial charge in [0, 0.05) is 12.1 Å². The number of benzene rings is 1. The van der Waals surface area contributed by atoms with Crippen molar-refractivity contribution < 1.29 is 9.53 Å². The van der Waals surface area contributed by atoms with Crippen LogP contribution in [0.5, 0.6) is 5.75 Å². The third kappa shape index (κ3) is 2.44. The summed E-state index contributed by atoms with van der Waals surface area (Å²) in [6.07, 6.45) is 1.94. The first-order chi connectivity index (χ1) is 11.2. The Balaban J connectivity index is 1.57. The zero-order valence-corrected chi connectivity index (χ0v) is 12.7. The van der Waals surface area contributed by atoms with Gasteiger partial charge in [-0.25, -0.2) is 0 Å². The van der Waals surface area contributed by atoms with E-state index in [4.69, 9.17) is 10.00 Å². The van der Waals surface area contributed by atoms with Crippen LogP contribution in [-0.2, 0) is 19.5 Å².